The maximum absolute atomic E-state index is 12.3. The molecule has 0 saturated carbocycles. The largest absolute Gasteiger partial charge is 0.326 e. The molecule has 0 bridgehead atoms. The van der Waals surface area contributed by atoms with Gasteiger partial charge < -0.3 is 15.5 Å². The molecule has 0 aliphatic carbocycles. The van der Waals surface area contributed by atoms with E-state index < -0.39 is 0 Å². The van der Waals surface area contributed by atoms with Crippen molar-refractivity contribution in [3.8, 4) is 0 Å². The van der Waals surface area contributed by atoms with Gasteiger partial charge >= 0.3 is 6.03 Å². The Morgan fingerprint density at radius 2 is 1.83 bits per heavy atom. The lowest BCUT2D eigenvalue weighted by molar-refractivity contribution is -0.114. The summed E-state index contributed by atoms with van der Waals surface area (Å²) in [4.78, 5) is 25.1. The third kappa shape index (κ3) is 4.73. The Morgan fingerprint density at radius 1 is 1.12 bits per heavy atom. The second-order valence-corrected chi connectivity index (χ2v) is 6.00. The lowest BCUT2D eigenvalue weighted by Gasteiger charge is -2.19. The highest BCUT2D eigenvalue weighted by Gasteiger charge is 2.12. The molecule has 6 heteroatoms. The fraction of sp³-hybridized carbons (Fsp3) is 0.222. The highest BCUT2D eigenvalue weighted by molar-refractivity contribution is 6.31. The van der Waals surface area contributed by atoms with Crippen molar-refractivity contribution in [2.75, 3.05) is 17.7 Å². The first-order chi connectivity index (χ1) is 11.4. The first-order valence-electron chi connectivity index (χ1n) is 7.50. The molecule has 0 atom stereocenters. The molecule has 0 fully saturated rings. The number of nitrogens with one attached hydrogen (secondary N) is 2. The minimum Gasteiger partial charge on any atom is -0.326 e. The van der Waals surface area contributed by atoms with Crippen molar-refractivity contribution in [3.05, 3.63) is 58.6 Å². The third-order valence-electron chi connectivity index (χ3n) is 3.51. The summed E-state index contributed by atoms with van der Waals surface area (Å²) in [6.45, 7) is 3.73. The van der Waals surface area contributed by atoms with Crippen LogP contribution in [-0.2, 0) is 11.3 Å². The van der Waals surface area contributed by atoms with E-state index >= 15 is 0 Å². The maximum Gasteiger partial charge on any atom is 0.321 e. The zero-order valence-corrected chi connectivity index (χ0v) is 14.6. The Kier molecular flexibility index (Phi) is 5.82. The van der Waals surface area contributed by atoms with Crippen LogP contribution in [-0.4, -0.2) is 23.9 Å². The fourth-order valence-electron chi connectivity index (χ4n) is 2.20. The van der Waals surface area contributed by atoms with Crippen LogP contribution in [0.4, 0.5) is 16.2 Å². The van der Waals surface area contributed by atoms with Gasteiger partial charge in [0.05, 0.1) is 0 Å². The van der Waals surface area contributed by atoms with E-state index in [0.29, 0.717) is 22.9 Å². The highest BCUT2D eigenvalue weighted by atomic mass is 35.5. The van der Waals surface area contributed by atoms with Gasteiger partial charge in [0.25, 0.3) is 0 Å². The minimum absolute atomic E-state index is 0.155. The number of halogens is 1. The lowest BCUT2D eigenvalue weighted by Crippen LogP contribution is -2.31. The number of carbonyl (C=O) groups is 2. The van der Waals surface area contributed by atoms with Gasteiger partial charge in [-0.3, -0.25) is 4.79 Å². The van der Waals surface area contributed by atoms with Crippen molar-refractivity contribution < 1.29 is 9.59 Å². The number of hydrogen-bond donors (Lipinski definition) is 2. The van der Waals surface area contributed by atoms with Crippen LogP contribution in [0.15, 0.2) is 42.5 Å². The number of urea groups is 1. The van der Waals surface area contributed by atoms with Crippen molar-refractivity contribution in [1.29, 1.82) is 0 Å². The maximum atomic E-state index is 12.3. The molecule has 0 spiro atoms. The Morgan fingerprint density at radius 3 is 2.50 bits per heavy atom. The highest BCUT2D eigenvalue weighted by Crippen LogP contribution is 2.21. The van der Waals surface area contributed by atoms with Crippen LogP contribution >= 0.6 is 11.6 Å². The van der Waals surface area contributed by atoms with Gasteiger partial charge in [-0.15, -0.1) is 0 Å². The van der Waals surface area contributed by atoms with Crippen molar-refractivity contribution in [3.63, 3.8) is 0 Å². The van der Waals surface area contributed by atoms with Crippen LogP contribution in [0, 0.1) is 6.92 Å². The number of rotatable bonds is 4. The molecule has 2 aromatic rings. The SMILES string of the molecule is CC(=O)Nc1cc(NC(=O)N(C)Cc2ccccc2Cl)ccc1C. The van der Waals surface area contributed by atoms with Gasteiger partial charge in [-0.1, -0.05) is 35.9 Å². The molecule has 3 amide bonds. The number of amides is 3. The van der Waals surface area contributed by atoms with E-state index in [0.717, 1.165) is 11.1 Å². The zero-order chi connectivity index (χ0) is 17.7. The van der Waals surface area contributed by atoms with Crippen molar-refractivity contribution in [2.45, 2.75) is 20.4 Å². The molecular weight excluding hydrogens is 326 g/mol. The quantitative estimate of drug-likeness (QED) is 0.869. The molecule has 2 aromatic carbocycles. The third-order valence-corrected chi connectivity index (χ3v) is 3.88. The molecule has 2 rings (SSSR count). The van der Waals surface area contributed by atoms with Crippen LogP contribution < -0.4 is 10.6 Å². The first-order valence-corrected chi connectivity index (χ1v) is 7.88. The van der Waals surface area contributed by atoms with Crippen LogP contribution in [0.25, 0.3) is 0 Å². The second kappa shape index (κ2) is 7.84. The molecule has 5 nitrogen and oxygen atoms in total. The summed E-state index contributed by atoms with van der Waals surface area (Å²) in [6.07, 6.45) is 0. The Labute approximate surface area is 146 Å². The molecule has 0 aromatic heterocycles. The molecule has 126 valence electrons. The average Bonchev–Trinajstić information content (AvgIpc) is 2.52. The average molecular weight is 346 g/mol. The number of nitrogens with zero attached hydrogens (tertiary/aromatic N) is 1. The molecule has 0 saturated heterocycles. The van der Waals surface area contributed by atoms with E-state index in [1.54, 1.807) is 30.1 Å². The van der Waals surface area contributed by atoms with Gasteiger partial charge in [0.15, 0.2) is 0 Å². The number of anilines is 2. The van der Waals surface area contributed by atoms with E-state index in [2.05, 4.69) is 10.6 Å². The predicted octanol–water partition coefficient (Wildman–Crippen LogP) is 4.27. The number of benzene rings is 2. The van der Waals surface area contributed by atoms with Gasteiger partial charge in [-0.25, -0.2) is 4.79 Å². The molecule has 0 unspecified atom stereocenters. The van der Waals surface area contributed by atoms with E-state index in [1.807, 2.05) is 31.2 Å². The summed E-state index contributed by atoms with van der Waals surface area (Å²) in [5, 5.41) is 6.18. The summed E-state index contributed by atoms with van der Waals surface area (Å²) in [6, 6.07) is 12.5. The van der Waals surface area contributed by atoms with E-state index in [1.165, 1.54) is 6.92 Å². The van der Waals surface area contributed by atoms with Crippen molar-refractivity contribution >= 4 is 34.9 Å². The van der Waals surface area contributed by atoms with Gasteiger partial charge in [-0.2, -0.15) is 0 Å². The van der Waals surface area contributed by atoms with Gasteiger partial charge in [0.1, 0.15) is 0 Å². The van der Waals surface area contributed by atoms with E-state index in [9.17, 15) is 9.59 Å². The standard InChI is InChI=1S/C18H20ClN3O2/c1-12-8-9-15(10-17(12)20-13(2)23)21-18(24)22(3)11-14-6-4-5-7-16(14)19/h4-10H,11H2,1-3H3,(H,20,23)(H,21,24). The Balaban J connectivity index is 2.06. The Bertz CT molecular complexity index is 762. The topological polar surface area (TPSA) is 61.4 Å². The minimum atomic E-state index is -0.257. The van der Waals surface area contributed by atoms with Gasteiger partial charge in [-0.05, 0) is 36.2 Å². The summed E-state index contributed by atoms with van der Waals surface area (Å²) in [7, 11) is 1.70. The number of aryl methyl sites for hydroxylation is 1. The number of hydrogen-bond acceptors (Lipinski definition) is 2. The summed E-state index contributed by atoms with van der Waals surface area (Å²) >= 11 is 6.12. The molecular formula is C18H20ClN3O2. The van der Waals surface area contributed by atoms with Crippen molar-refractivity contribution in [2.24, 2.45) is 0 Å². The monoisotopic (exact) mass is 345 g/mol. The fourth-order valence-corrected chi connectivity index (χ4v) is 2.39. The van der Waals surface area contributed by atoms with Crippen LogP contribution in [0.5, 0.6) is 0 Å². The second-order valence-electron chi connectivity index (χ2n) is 5.59. The smallest absolute Gasteiger partial charge is 0.321 e. The zero-order valence-electron chi connectivity index (χ0n) is 13.9. The molecule has 24 heavy (non-hydrogen) atoms. The molecule has 0 aliphatic heterocycles. The lowest BCUT2D eigenvalue weighted by atomic mass is 10.1. The summed E-state index contributed by atoms with van der Waals surface area (Å²) < 4.78 is 0. The van der Waals surface area contributed by atoms with Crippen LogP contribution in [0.3, 0.4) is 0 Å². The van der Waals surface area contributed by atoms with Gasteiger partial charge in [0.2, 0.25) is 5.91 Å². The van der Waals surface area contributed by atoms with Crippen LogP contribution in [0.2, 0.25) is 5.02 Å². The van der Waals surface area contributed by atoms with Crippen molar-refractivity contribution in [1.82, 2.24) is 4.90 Å². The Hall–Kier alpha value is -2.53. The van der Waals surface area contributed by atoms with E-state index in [-0.39, 0.29) is 11.9 Å². The summed E-state index contributed by atoms with van der Waals surface area (Å²) in [5.74, 6) is -0.155. The van der Waals surface area contributed by atoms with Crippen LogP contribution in [0.1, 0.15) is 18.1 Å². The molecule has 0 aliphatic rings. The molecule has 0 radical (unpaired) electrons. The predicted molar refractivity (Wildman–Crippen MR) is 97.4 cm³/mol. The first kappa shape index (κ1) is 17.8. The summed E-state index contributed by atoms with van der Waals surface area (Å²) in [5.41, 5.74) is 3.08. The van der Waals surface area contributed by atoms with E-state index in [4.69, 9.17) is 11.6 Å². The van der Waals surface area contributed by atoms with Gasteiger partial charge in [0, 0.05) is 36.9 Å². The molecule has 0 heterocycles. The number of carbonyl (C=O) groups excluding carboxylic acids is 2. The normalized spacial score (nSPS) is 10.2. The molecule has 2 N–H and O–H groups in total.